The lowest BCUT2D eigenvalue weighted by Gasteiger charge is -2.53. The summed E-state index contributed by atoms with van der Waals surface area (Å²) in [5.74, 6) is 3.21. The van der Waals surface area contributed by atoms with Gasteiger partial charge in [-0.25, -0.2) is 4.39 Å². The number of piperidine rings is 1. The third-order valence-corrected chi connectivity index (χ3v) is 11.1. The summed E-state index contributed by atoms with van der Waals surface area (Å²) in [5.41, 5.74) is 4.94. The van der Waals surface area contributed by atoms with Crippen LogP contribution in [0, 0.1) is 39.9 Å². The number of hydrogen-bond donors (Lipinski definition) is 0. The fraction of sp³-hybridized carbons (Fsp3) is 0.629. The van der Waals surface area contributed by atoms with Crippen LogP contribution in [0.5, 0.6) is 0 Å². The van der Waals surface area contributed by atoms with E-state index >= 15 is 4.39 Å². The first-order valence-electron chi connectivity index (χ1n) is 15.9. The van der Waals surface area contributed by atoms with Crippen molar-refractivity contribution in [2.45, 2.75) is 102 Å². The number of carbonyl (C=O) groups is 1. The topological polar surface area (TPSA) is 49.7 Å². The van der Waals surface area contributed by atoms with Crippen LogP contribution in [0.3, 0.4) is 0 Å². The molecule has 1 saturated heterocycles. The van der Waals surface area contributed by atoms with Crippen molar-refractivity contribution in [3.63, 3.8) is 0 Å². The minimum atomic E-state index is -4.56. The molecule has 1 aliphatic heterocycles. The first-order valence-corrected chi connectivity index (χ1v) is 15.9. The molecule has 0 spiro atoms. The molecule has 4 aliphatic carbocycles. The van der Waals surface area contributed by atoms with Crippen molar-refractivity contribution < 1.29 is 22.4 Å². The van der Waals surface area contributed by atoms with Crippen LogP contribution in [0.2, 0.25) is 0 Å². The van der Waals surface area contributed by atoms with Gasteiger partial charge in [0, 0.05) is 49.4 Å². The summed E-state index contributed by atoms with van der Waals surface area (Å²) < 4.78 is 53.5. The van der Waals surface area contributed by atoms with Crippen LogP contribution in [0.1, 0.15) is 89.0 Å². The number of Topliss-reactive ketones (excluding diaryl/α,β-unsaturated/α-hetero) is 1. The highest BCUT2D eigenvalue weighted by Crippen LogP contribution is 2.66. The van der Waals surface area contributed by atoms with Gasteiger partial charge in [-0.3, -0.25) is 4.79 Å². The van der Waals surface area contributed by atoms with Crippen molar-refractivity contribution in [3.8, 4) is 11.8 Å². The summed E-state index contributed by atoms with van der Waals surface area (Å²) in [7, 11) is 0. The number of hydrogen-bond acceptors (Lipinski definition) is 4. The summed E-state index contributed by atoms with van der Waals surface area (Å²) >= 11 is 0. The van der Waals surface area contributed by atoms with Gasteiger partial charge in [-0.15, -0.1) is 0 Å². The SMILES string of the molecule is C[C@]12C[C@H](c3ccc(N4CCCCC4)cc3)C3=C4CCC(N=O)C=C4C(F)C[C@H]3[C@@H]1CC[C@@H]2C(=O)CCC#CC(F)(F)F. The van der Waals surface area contributed by atoms with E-state index in [4.69, 9.17) is 0 Å². The van der Waals surface area contributed by atoms with E-state index in [-0.39, 0.29) is 47.7 Å². The minimum absolute atomic E-state index is 0.00255. The van der Waals surface area contributed by atoms with Gasteiger partial charge in [-0.05, 0) is 104 Å². The second kappa shape index (κ2) is 11.9. The van der Waals surface area contributed by atoms with E-state index in [1.807, 2.05) is 0 Å². The molecule has 0 radical (unpaired) electrons. The van der Waals surface area contributed by atoms with E-state index in [2.05, 4.69) is 47.2 Å². The normalized spacial score (nSPS) is 33.9. The predicted molar refractivity (Wildman–Crippen MR) is 159 cm³/mol. The van der Waals surface area contributed by atoms with E-state index in [0.717, 1.165) is 37.1 Å². The summed E-state index contributed by atoms with van der Waals surface area (Å²) in [4.78, 5) is 27.3. The summed E-state index contributed by atoms with van der Waals surface area (Å²) in [5, 5.41) is 3.22. The fourth-order valence-electron chi connectivity index (χ4n) is 9.25. The molecule has 7 atom stereocenters. The lowest BCUT2D eigenvalue weighted by Crippen LogP contribution is -2.46. The molecule has 43 heavy (non-hydrogen) atoms. The Morgan fingerprint density at radius 1 is 1.09 bits per heavy atom. The Labute approximate surface area is 251 Å². The van der Waals surface area contributed by atoms with Crippen LogP contribution < -0.4 is 4.90 Å². The molecule has 0 amide bonds. The number of nitroso groups, excluding NO2 is 1. The van der Waals surface area contributed by atoms with Crippen LogP contribution in [-0.2, 0) is 4.79 Å². The molecule has 1 aromatic carbocycles. The van der Waals surface area contributed by atoms with Crippen LogP contribution >= 0.6 is 0 Å². The molecule has 3 fully saturated rings. The maximum atomic E-state index is 15.9. The molecule has 4 nitrogen and oxygen atoms in total. The Morgan fingerprint density at radius 3 is 2.53 bits per heavy atom. The molecule has 0 aromatic heterocycles. The monoisotopic (exact) mass is 596 g/mol. The van der Waals surface area contributed by atoms with Gasteiger partial charge >= 0.3 is 6.18 Å². The lowest BCUT2D eigenvalue weighted by atomic mass is 9.51. The highest BCUT2D eigenvalue weighted by molar-refractivity contribution is 5.82. The number of nitrogens with zero attached hydrogens (tertiary/aromatic N) is 2. The zero-order chi connectivity index (χ0) is 30.4. The van der Waals surface area contributed by atoms with Crippen molar-refractivity contribution in [1.29, 1.82) is 0 Å². The molecule has 0 bridgehead atoms. The van der Waals surface area contributed by atoms with Gasteiger partial charge in [0.2, 0.25) is 0 Å². The molecule has 5 aliphatic rings. The molecule has 6 rings (SSSR count). The number of fused-ring (bicyclic) bond motifs is 4. The van der Waals surface area contributed by atoms with Crippen molar-refractivity contribution in [2.24, 2.45) is 28.3 Å². The third-order valence-electron chi connectivity index (χ3n) is 11.1. The predicted octanol–water partition coefficient (Wildman–Crippen LogP) is 8.62. The lowest BCUT2D eigenvalue weighted by molar-refractivity contribution is -0.127. The summed E-state index contributed by atoms with van der Waals surface area (Å²) in [6, 6.07) is 8.28. The van der Waals surface area contributed by atoms with Crippen molar-refractivity contribution in [2.75, 3.05) is 18.0 Å². The number of allylic oxidation sites excluding steroid dienone is 3. The van der Waals surface area contributed by atoms with Crippen molar-refractivity contribution in [3.05, 3.63) is 57.5 Å². The van der Waals surface area contributed by atoms with Crippen molar-refractivity contribution in [1.82, 2.24) is 0 Å². The van der Waals surface area contributed by atoms with Gasteiger partial charge in [-0.2, -0.15) is 18.1 Å². The molecule has 0 N–H and O–H groups in total. The second-order valence-electron chi connectivity index (χ2n) is 13.5. The van der Waals surface area contributed by atoms with Crippen LogP contribution in [0.15, 0.2) is 52.2 Å². The van der Waals surface area contributed by atoms with Crippen molar-refractivity contribution >= 4 is 11.5 Å². The Hall–Kier alpha value is -2.95. The number of alkyl halides is 4. The van der Waals surface area contributed by atoms with E-state index < -0.39 is 18.4 Å². The molecular weight excluding hydrogens is 556 g/mol. The molecular formula is C35H40F4N2O2. The minimum Gasteiger partial charge on any atom is -0.372 e. The van der Waals surface area contributed by atoms with Crippen LogP contribution in [0.4, 0.5) is 23.2 Å². The number of anilines is 1. The number of ketones is 1. The van der Waals surface area contributed by atoms with Gasteiger partial charge in [0.05, 0.1) is 0 Å². The number of benzene rings is 1. The number of halogens is 4. The Morgan fingerprint density at radius 2 is 1.84 bits per heavy atom. The number of rotatable bonds is 6. The average molecular weight is 597 g/mol. The van der Waals surface area contributed by atoms with Gasteiger partial charge in [0.25, 0.3) is 0 Å². The second-order valence-corrected chi connectivity index (χ2v) is 13.5. The zero-order valence-electron chi connectivity index (χ0n) is 24.8. The standard InChI is InChI=1S/C35H40F4N2O2/c1-34-21-28(22-8-11-24(12-9-22)41-17-5-2-6-18-41)33-25-13-10-23(40-43)19-26(25)31(36)20-27(33)29(34)14-15-30(34)32(42)7-3-4-16-35(37,38)39/h8-9,11-12,19,23,27-31H,2-3,5-7,10,13-15,17-18,20-21H2,1H3/t23?,27-,28+,29-,30+,31?,34-/m0/s1. The van der Waals surface area contributed by atoms with Gasteiger partial charge in [0.1, 0.15) is 18.0 Å². The van der Waals surface area contributed by atoms with E-state index in [1.165, 1.54) is 36.4 Å². The summed E-state index contributed by atoms with van der Waals surface area (Å²) in [6.07, 6.45) is 3.28. The number of carbonyl (C=O) groups excluding carboxylic acids is 1. The summed E-state index contributed by atoms with van der Waals surface area (Å²) in [6.45, 7) is 4.26. The average Bonchev–Trinajstić information content (AvgIpc) is 3.36. The maximum Gasteiger partial charge on any atom is 0.457 e. The van der Waals surface area contributed by atoms with Gasteiger partial charge in [-0.1, -0.05) is 41.8 Å². The van der Waals surface area contributed by atoms with E-state index in [1.54, 1.807) is 6.08 Å². The van der Waals surface area contributed by atoms with E-state index in [0.29, 0.717) is 31.3 Å². The van der Waals surface area contributed by atoms with Crippen LogP contribution in [-0.4, -0.2) is 37.3 Å². The van der Waals surface area contributed by atoms with E-state index in [9.17, 15) is 22.9 Å². The van der Waals surface area contributed by atoms with Crippen LogP contribution in [0.25, 0.3) is 0 Å². The third kappa shape index (κ3) is 5.81. The molecule has 230 valence electrons. The smallest absolute Gasteiger partial charge is 0.372 e. The largest absolute Gasteiger partial charge is 0.457 e. The molecule has 1 aromatic rings. The fourth-order valence-corrected chi connectivity index (χ4v) is 9.25. The first kappa shape index (κ1) is 30.1. The highest BCUT2D eigenvalue weighted by atomic mass is 19.4. The molecule has 8 heteroatoms. The Kier molecular flexibility index (Phi) is 8.30. The maximum absolute atomic E-state index is 15.9. The Balaban J connectivity index is 1.35. The molecule has 2 saturated carbocycles. The zero-order valence-corrected chi connectivity index (χ0v) is 24.8. The quantitative estimate of drug-likeness (QED) is 0.188. The van der Waals surface area contributed by atoms with Gasteiger partial charge in [0.15, 0.2) is 0 Å². The first-order chi connectivity index (χ1) is 20.6. The molecule has 2 unspecified atom stereocenters. The Bertz CT molecular complexity index is 1360. The van der Waals surface area contributed by atoms with Gasteiger partial charge < -0.3 is 4.90 Å². The highest BCUT2D eigenvalue weighted by Gasteiger charge is 2.59. The molecule has 1 heterocycles.